The number of pyridine rings is 4. The minimum absolute atomic E-state index is 0.0225. The summed E-state index contributed by atoms with van der Waals surface area (Å²) in [5.41, 5.74) is 12.7. The van der Waals surface area contributed by atoms with Crippen molar-refractivity contribution in [1.29, 1.82) is 0 Å². The molecule has 8 aromatic carbocycles. The van der Waals surface area contributed by atoms with E-state index in [0.29, 0.717) is 62.1 Å². The first-order valence-electron chi connectivity index (χ1n) is 39.6. The van der Waals surface area contributed by atoms with E-state index in [4.69, 9.17) is 0 Å². The number of aryl methyl sites for hydroxylation is 4. The zero-order valence-corrected chi connectivity index (χ0v) is 74.5. The predicted octanol–water partition coefficient (Wildman–Crippen LogP) is 19.8. The van der Waals surface area contributed by atoms with Gasteiger partial charge in [-0.25, -0.2) is 56.5 Å². The smallest absolute Gasteiger partial charge is 0.263 e. The van der Waals surface area contributed by atoms with Crippen molar-refractivity contribution in [3.8, 4) is 17.1 Å². The van der Waals surface area contributed by atoms with Crippen molar-refractivity contribution < 1.29 is 42.5 Å². The number of nitrogens with zero attached hydrogens (tertiary/aromatic N) is 12. The first kappa shape index (κ1) is 88.1. The van der Waals surface area contributed by atoms with Crippen LogP contribution in [0, 0.1) is 39.3 Å². The van der Waals surface area contributed by atoms with E-state index in [1.165, 1.54) is 40.6 Å². The fourth-order valence-electron chi connectivity index (χ4n) is 13.8. The van der Waals surface area contributed by atoms with E-state index in [1.807, 2.05) is 150 Å². The summed E-state index contributed by atoms with van der Waals surface area (Å²) >= 11 is 0. The number of fused-ring (bicyclic) bond motifs is 4. The number of anilines is 3. The monoisotopic (exact) mass is 1730 g/mol. The molecule has 0 bridgehead atoms. The van der Waals surface area contributed by atoms with Gasteiger partial charge in [0.1, 0.15) is 17.5 Å². The molecule has 634 valence electrons. The minimum atomic E-state index is -4.03. The Balaban J connectivity index is 0.000000141. The summed E-state index contributed by atoms with van der Waals surface area (Å²) in [5, 5.41) is 21.0. The van der Waals surface area contributed by atoms with E-state index in [2.05, 4.69) is 117 Å². The molecule has 0 atom stereocenters. The molecule has 0 radical (unpaired) electrons. The summed E-state index contributed by atoms with van der Waals surface area (Å²) in [6.45, 7) is 32.4. The third kappa shape index (κ3) is 20.4. The number of aromatic nitrogens is 12. The number of nitrogens with one attached hydrogen (secondary N) is 3. The van der Waals surface area contributed by atoms with Gasteiger partial charge in [0, 0.05) is 58.5 Å². The predicted molar refractivity (Wildman–Crippen MR) is 482 cm³/mol. The van der Waals surface area contributed by atoms with Crippen LogP contribution in [-0.2, 0) is 73.9 Å². The lowest BCUT2D eigenvalue weighted by atomic mass is 9.87. The highest BCUT2D eigenvalue weighted by Gasteiger charge is 2.29. The van der Waals surface area contributed by atoms with E-state index in [1.54, 1.807) is 132 Å². The topological polar surface area (TPSA) is 295 Å². The van der Waals surface area contributed by atoms with Gasteiger partial charge in [-0.2, -0.15) is 20.4 Å². The van der Waals surface area contributed by atoms with Crippen molar-refractivity contribution in [1.82, 2.24) is 59.1 Å². The number of hydrogen-bond acceptors (Lipinski definition) is 16. The lowest BCUT2D eigenvalue weighted by Crippen LogP contribution is -2.17. The van der Waals surface area contributed by atoms with Crippen LogP contribution < -0.4 is 14.2 Å². The minimum Gasteiger partial charge on any atom is -0.264 e. The Bertz CT molecular complexity index is 7080. The van der Waals surface area contributed by atoms with Gasteiger partial charge in [0.15, 0.2) is 21.5 Å². The second kappa shape index (κ2) is 34.7. The second-order valence-corrected chi connectivity index (χ2v) is 41.2. The lowest BCUT2D eigenvalue weighted by Gasteiger charge is -2.19. The average Bonchev–Trinajstić information content (AvgIpc) is 1.65. The molecule has 8 aromatic heterocycles. The van der Waals surface area contributed by atoms with Crippen LogP contribution in [0.5, 0.6) is 0 Å². The van der Waals surface area contributed by atoms with Crippen LogP contribution in [0.25, 0.3) is 60.7 Å². The largest absolute Gasteiger partial charge is 0.264 e. The third-order valence-corrected chi connectivity index (χ3v) is 26.3. The molecule has 0 fully saturated rings. The zero-order chi connectivity index (χ0) is 88.5. The maximum atomic E-state index is 14.9. The molecule has 0 aliphatic carbocycles. The molecule has 29 heteroatoms. The molecule has 0 aliphatic heterocycles. The molecule has 3 N–H and O–H groups in total. The second-order valence-electron chi connectivity index (χ2n) is 34.1. The summed E-state index contributed by atoms with van der Waals surface area (Å²) in [6.07, 6.45) is 6.74. The number of sulfone groups is 1. The highest BCUT2D eigenvalue weighted by atomic mass is 32.2. The molecular weight excluding hydrogens is 1630 g/mol. The number of sulfonamides is 3. The van der Waals surface area contributed by atoms with Gasteiger partial charge in [-0.1, -0.05) is 168 Å². The first-order chi connectivity index (χ1) is 57.9. The van der Waals surface area contributed by atoms with E-state index in [9.17, 15) is 42.5 Å². The molecule has 0 aliphatic rings. The Morgan fingerprint density at radius 1 is 0.358 bits per heavy atom. The Morgan fingerprint density at radius 3 is 1.33 bits per heavy atom. The summed E-state index contributed by atoms with van der Waals surface area (Å²) in [6, 6.07) is 67.1. The normalized spacial score (nSPS) is 12.3. The van der Waals surface area contributed by atoms with Crippen LogP contribution in [0.3, 0.4) is 0 Å². The van der Waals surface area contributed by atoms with Gasteiger partial charge >= 0.3 is 0 Å². The molecule has 0 amide bonds. The van der Waals surface area contributed by atoms with Crippen molar-refractivity contribution in [3.63, 3.8) is 0 Å². The molecule has 16 aromatic rings. The number of halogens is 2. The van der Waals surface area contributed by atoms with E-state index in [-0.39, 0.29) is 59.4 Å². The number of benzene rings is 8. The molecule has 0 unspecified atom stereocenters. The van der Waals surface area contributed by atoms with Gasteiger partial charge in [-0.3, -0.25) is 38.8 Å². The molecule has 8 heterocycles. The van der Waals surface area contributed by atoms with Crippen molar-refractivity contribution in [2.24, 2.45) is 0 Å². The van der Waals surface area contributed by atoms with Gasteiger partial charge in [0.05, 0.1) is 99.5 Å². The van der Waals surface area contributed by atoms with Crippen LogP contribution in [0.15, 0.2) is 275 Å². The number of hydrogen-bond donors (Lipinski definition) is 3. The summed E-state index contributed by atoms with van der Waals surface area (Å²) in [7, 11) is -15.1. The zero-order valence-electron chi connectivity index (χ0n) is 71.2. The third-order valence-electron chi connectivity index (χ3n) is 20.5. The van der Waals surface area contributed by atoms with Crippen LogP contribution in [0.1, 0.15) is 139 Å². The average molecular weight is 1730 g/mol. The van der Waals surface area contributed by atoms with E-state index in [0.717, 1.165) is 66.4 Å². The van der Waals surface area contributed by atoms with Crippen molar-refractivity contribution >= 4 is 101 Å². The van der Waals surface area contributed by atoms with Crippen molar-refractivity contribution in [2.75, 3.05) is 14.2 Å². The van der Waals surface area contributed by atoms with Crippen molar-refractivity contribution in [2.45, 2.75) is 164 Å². The van der Waals surface area contributed by atoms with Gasteiger partial charge in [0.2, 0.25) is 0 Å². The standard InChI is InChI=1S/C25H27N3O2S.2C23H23FN4O2S.C23H24N4O2S/c1-18-15-21(17-31(29,30)22-12-10-20(11-13-22)25(2,3)4)28(27-18)16-19-7-5-9-24-23(19)8-6-14-26-24;1-15-13-22(27-31(29,30)18-8-5-16(6-9-18)23(2,3)4)28(26-15)21-11-12-25-20-10-7-17(24)14-19(20)21;1-15-21(24)22(27-31(29,30)17-12-10-16(11-13-17)23(2,3)4)28(26-15)20-9-5-8-19-18(20)7-6-14-25-19;1-16-14-22(26-30(28,29)20-11-8-18(9-12-20)23(2,3)4)27(25-16)19-10-7-17-6-5-13-24-21(17)15-19/h5-15H,16-17H2,1-4H3;2*5-14,27H,1-4H3;5-15,26H,1-4H3. The van der Waals surface area contributed by atoms with Crippen LogP contribution in [0.4, 0.5) is 26.2 Å². The highest BCUT2D eigenvalue weighted by Crippen LogP contribution is 2.35. The molecule has 0 saturated heterocycles. The fraction of sp³-hybridized carbons (Fsp3) is 0.234. The van der Waals surface area contributed by atoms with Crippen molar-refractivity contribution in [3.05, 3.63) is 323 Å². The van der Waals surface area contributed by atoms with E-state index < -0.39 is 51.5 Å². The quantitative estimate of drug-likeness (QED) is 0.0763. The summed E-state index contributed by atoms with van der Waals surface area (Å²) < 4.78 is 147. The molecular formula is C94H97F2N15O8S4. The van der Waals surface area contributed by atoms with Gasteiger partial charge in [0.25, 0.3) is 30.1 Å². The molecule has 16 rings (SSSR count). The Hall–Kier alpha value is -12.7. The maximum Gasteiger partial charge on any atom is 0.263 e. The number of rotatable bonds is 17. The Labute approximate surface area is 716 Å². The highest BCUT2D eigenvalue weighted by molar-refractivity contribution is 7.93. The molecule has 123 heavy (non-hydrogen) atoms. The first-order valence-corrected chi connectivity index (χ1v) is 45.7. The van der Waals surface area contributed by atoms with Gasteiger partial charge in [-0.15, -0.1) is 0 Å². The fourth-order valence-corrected chi connectivity index (χ4v) is 18.2. The van der Waals surface area contributed by atoms with Crippen LogP contribution in [0.2, 0.25) is 0 Å². The van der Waals surface area contributed by atoms with Crippen LogP contribution >= 0.6 is 0 Å². The Kier molecular flexibility index (Phi) is 24.8. The maximum absolute atomic E-state index is 14.9. The molecule has 0 spiro atoms. The summed E-state index contributed by atoms with van der Waals surface area (Å²) in [5.74, 6) is -0.834. The molecule has 23 nitrogen and oxygen atoms in total. The Morgan fingerprint density at radius 2 is 0.797 bits per heavy atom. The van der Waals surface area contributed by atoms with E-state index >= 15 is 0 Å². The van der Waals surface area contributed by atoms with Gasteiger partial charge in [-0.05, 0) is 211 Å². The lowest BCUT2D eigenvalue weighted by molar-refractivity contribution is 0.583. The van der Waals surface area contributed by atoms with Crippen LogP contribution in [-0.4, -0.2) is 92.7 Å². The molecule has 0 saturated carbocycles. The SMILES string of the molecule is Cc1cc(CS(=O)(=O)c2ccc(C(C)(C)C)cc2)n(Cc2cccc3ncccc23)n1.Cc1cc(NS(=O)(=O)c2ccc(C(C)(C)C)cc2)n(-c2ccc3cccnc3c2)n1.Cc1cc(NS(=O)(=O)c2ccc(C(C)(C)C)cc2)n(-c2ccnc3ccc(F)cc23)n1.Cc1nn(-c2cccc3ncccc23)c(NS(=O)(=O)c2ccc(C(C)(C)C)cc2)c1F. The van der Waals surface area contributed by atoms with Gasteiger partial charge < -0.3 is 0 Å². The summed E-state index contributed by atoms with van der Waals surface area (Å²) in [4.78, 5) is 18.1.